The van der Waals surface area contributed by atoms with Crippen molar-refractivity contribution in [2.24, 2.45) is 0 Å². The van der Waals surface area contributed by atoms with E-state index in [0.717, 1.165) is 5.56 Å². The molecule has 0 fully saturated rings. The SMILES string of the molecule is CCOc1cc(C2c3c(oc4ccccc4c3=O)C(=O)N2c2ccc(C(C)=O)cc2)ccc1OCc1ccccc1. The highest BCUT2D eigenvalue weighted by molar-refractivity contribution is 6.11. The third-order valence-electron chi connectivity index (χ3n) is 7.15. The van der Waals surface area contributed by atoms with Crippen LogP contribution < -0.4 is 19.8 Å². The van der Waals surface area contributed by atoms with E-state index in [1.165, 1.54) is 11.8 Å². The number of para-hydroxylation sites is 1. The van der Waals surface area contributed by atoms with Gasteiger partial charge in [0.2, 0.25) is 5.76 Å². The molecule has 0 bridgehead atoms. The van der Waals surface area contributed by atoms with Gasteiger partial charge in [0, 0.05) is 11.3 Å². The summed E-state index contributed by atoms with van der Waals surface area (Å²) in [5.41, 5.74) is 3.05. The highest BCUT2D eigenvalue weighted by atomic mass is 16.5. The smallest absolute Gasteiger partial charge is 0.295 e. The van der Waals surface area contributed by atoms with Gasteiger partial charge < -0.3 is 13.9 Å². The number of hydrogen-bond donors (Lipinski definition) is 0. The fourth-order valence-electron chi connectivity index (χ4n) is 5.18. The van der Waals surface area contributed by atoms with E-state index in [2.05, 4.69) is 0 Å². The van der Waals surface area contributed by atoms with Gasteiger partial charge in [-0.1, -0.05) is 48.5 Å². The topological polar surface area (TPSA) is 86.0 Å². The average molecular weight is 546 g/mol. The molecule has 6 rings (SSSR count). The summed E-state index contributed by atoms with van der Waals surface area (Å²) in [4.78, 5) is 41.2. The van der Waals surface area contributed by atoms with E-state index in [1.807, 2.05) is 49.4 Å². The highest BCUT2D eigenvalue weighted by Gasteiger charge is 2.44. The molecule has 0 spiro atoms. The number of nitrogens with zero attached hydrogens (tertiary/aromatic N) is 1. The molecule has 4 aromatic carbocycles. The summed E-state index contributed by atoms with van der Waals surface area (Å²) in [6.07, 6.45) is 0. The Kier molecular flexibility index (Phi) is 6.85. The first-order chi connectivity index (χ1) is 20.0. The fraction of sp³-hybridized carbons (Fsp3) is 0.147. The van der Waals surface area contributed by atoms with Crippen LogP contribution in [0.4, 0.5) is 5.69 Å². The lowest BCUT2D eigenvalue weighted by molar-refractivity contribution is 0.0970. The number of ketones is 1. The molecule has 1 aliphatic heterocycles. The molecule has 7 nitrogen and oxygen atoms in total. The van der Waals surface area contributed by atoms with Crippen molar-refractivity contribution in [1.29, 1.82) is 0 Å². The molecular formula is C34H27NO6. The molecule has 41 heavy (non-hydrogen) atoms. The number of ether oxygens (including phenoxy) is 2. The maximum absolute atomic E-state index is 13.9. The van der Waals surface area contributed by atoms with Crippen molar-refractivity contribution in [1.82, 2.24) is 0 Å². The van der Waals surface area contributed by atoms with Crippen LogP contribution in [-0.2, 0) is 6.61 Å². The molecule has 204 valence electrons. The molecule has 5 aromatic rings. The number of carbonyl (C=O) groups excluding carboxylic acids is 2. The van der Waals surface area contributed by atoms with Crippen molar-refractivity contribution in [3.05, 3.63) is 135 Å². The summed E-state index contributed by atoms with van der Waals surface area (Å²) in [7, 11) is 0. The first kappa shape index (κ1) is 26.1. The predicted octanol–water partition coefficient (Wildman–Crippen LogP) is 6.72. The van der Waals surface area contributed by atoms with Gasteiger partial charge in [0.1, 0.15) is 12.2 Å². The molecule has 1 atom stereocenters. The van der Waals surface area contributed by atoms with Crippen molar-refractivity contribution in [3.8, 4) is 11.5 Å². The number of fused-ring (bicyclic) bond motifs is 2. The van der Waals surface area contributed by atoms with Crippen LogP contribution in [0.15, 0.2) is 106 Å². The van der Waals surface area contributed by atoms with Crippen LogP contribution in [-0.4, -0.2) is 18.3 Å². The lowest BCUT2D eigenvalue weighted by Gasteiger charge is -2.26. The minimum Gasteiger partial charge on any atom is -0.490 e. The largest absolute Gasteiger partial charge is 0.490 e. The zero-order valence-electron chi connectivity index (χ0n) is 22.6. The third-order valence-corrected chi connectivity index (χ3v) is 7.15. The lowest BCUT2D eigenvalue weighted by Crippen LogP contribution is -2.29. The minimum atomic E-state index is -0.788. The Labute approximate surface area is 236 Å². The van der Waals surface area contributed by atoms with Crippen LogP contribution in [0.3, 0.4) is 0 Å². The molecule has 0 saturated heterocycles. The van der Waals surface area contributed by atoms with Gasteiger partial charge in [0.05, 0.1) is 23.6 Å². The van der Waals surface area contributed by atoms with Crippen molar-refractivity contribution in [2.45, 2.75) is 26.5 Å². The average Bonchev–Trinajstić information content (AvgIpc) is 3.29. The molecule has 7 heteroatoms. The standard InChI is InChI=1S/C34H27NO6/c1-3-39-29-19-24(15-18-28(29)40-20-22-9-5-4-6-10-22)31-30-32(37)26-11-7-8-12-27(26)41-33(30)34(38)35(31)25-16-13-23(14-17-25)21(2)36/h4-19,31H,3,20H2,1-2H3. The number of rotatable bonds is 8. The first-order valence-corrected chi connectivity index (χ1v) is 13.4. The first-order valence-electron chi connectivity index (χ1n) is 13.4. The second-order valence-electron chi connectivity index (χ2n) is 9.76. The van der Waals surface area contributed by atoms with E-state index in [9.17, 15) is 14.4 Å². The summed E-state index contributed by atoms with van der Waals surface area (Å²) in [6.45, 7) is 4.12. The van der Waals surface area contributed by atoms with E-state index in [4.69, 9.17) is 13.9 Å². The van der Waals surface area contributed by atoms with Crippen molar-refractivity contribution >= 4 is 28.3 Å². The van der Waals surface area contributed by atoms with Gasteiger partial charge >= 0.3 is 0 Å². The van der Waals surface area contributed by atoms with E-state index < -0.39 is 11.9 Å². The summed E-state index contributed by atoms with van der Waals surface area (Å²) in [6, 6.07) is 28.1. The molecule has 2 heterocycles. The van der Waals surface area contributed by atoms with Crippen LogP contribution in [0.25, 0.3) is 11.0 Å². The van der Waals surface area contributed by atoms with E-state index in [-0.39, 0.29) is 22.5 Å². The zero-order chi connectivity index (χ0) is 28.5. The third kappa shape index (κ3) is 4.76. The van der Waals surface area contributed by atoms with Gasteiger partial charge in [-0.2, -0.15) is 0 Å². The van der Waals surface area contributed by atoms with E-state index >= 15 is 0 Å². The van der Waals surface area contributed by atoms with Gasteiger partial charge in [0.25, 0.3) is 5.91 Å². The molecule has 1 amide bonds. The molecule has 1 aliphatic rings. The minimum absolute atomic E-state index is 0.00305. The van der Waals surface area contributed by atoms with Crippen LogP contribution in [0.1, 0.15) is 57.5 Å². The Morgan fingerprint density at radius 3 is 2.32 bits per heavy atom. The summed E-state index contributed by atoms with van der Waals surface area (Å²) >= 11 is 0. The van der Waals surface area contributed by atoms with Gasteiger partial charge in [-0.3, -0.25) is 19.3 Å². The van der Waals surface area contributed by atoms with Crippen molar-refractivity contribution < 1.29 is 23.5 Å². The van der Waals surface area contributed by atoms with Crippen LogP contribution in [0.2, 0.25) is 0 Å². The summed E-state index contributed by atoms with van der Waals surface area (Å²) in [5.74, 6) is 0.521. The quantitative estimate of drug-likeness (QED) is 0.201. The lowest BCUT2D eigenvalue weighted by atomic mass is 9.97. The van der Waals surface area contributed by atoms with Crippen LogP contribution >= 0.6 is 0 Å². The predicted molar refractivity (Wildman–Crippen MR) is 156 cm³/mol. The number of hydrogen-bond acceptors (Lipinski definition) is 6. The van der Waals surface area contributed by atoms with Crippen molar-refractivity contribution in [3.63, 3.8) is 0 Å². The maximum atomic E-state index is 13.9. The van der Waals surface area contributed by atoms with Gasteiger partial charge in [-0.15, -0.1) is 0 Å². The van der Waals surface area contributed by atoms with Crippen LogP contribution in [0.5, 0.6) is 11.5 Å². The normalized spacial score (nSPS) is 14.2. The second kappa shape index (κ2) is 10.8. The Morgan fingerprint density at radius 2 is 1.59 bits per heavy atom. The Balaban J connectivity index is 1.49. The van der Waals surface area contributed by atoms with Gasteiger partial charge in [-0.25, -0.2) is 0 Å². The molecular weight excluding hydrogens is 518 g/mol. The monoisotopic (exact) mass is 545 g/mol. The Morgan fingerprint density at radius 1 is 0.854 bits per heavy atom. The van der Waals surface area contributed by atoms with Gasteiger partial charge in [-0.05, 0) is 73.5 Å². The molecule has 0 radical (unpaired) electrons. The summed E-state index contributed by atoms with van der Waals surface area (Å²) < 4.78 is 18.1. The fourth-order valence-corrected chi connectivity index (χ4v) is 5.18. The zero-order valence-corrected chi connectivity index (χ0v) is 22.6. The highest BCUT2D eigenvalue weighted by Crippen LogP contribution is 2.43. The molecule has 0 aliphatic carbocycles. The molecule has 1 aromatic heterocycles. The van der Waals surface area contributed by atoms with E-state index in [1.54, 1.807) is 54.6 Å². The van der Waals surface area contributed by atoms with E-state index in [0.29, 0.717) is 52.5 Å². The second-order valence-corrected chi connectivity index (χ2v) is 9.76. The summed E-state index contributed by atoms with van der Waals surface area (Å²) in [5, 5.41) is 0.394. The molecule has 0 N–H and O–H groups in total. The number of anilines is 1. The number of carbonyl (C=O) groups is 2. The Bertz CT molecular complexity index is 1820. The maximum Gasteiger partial charge on any atom is 0.295 e. The van der Waals surface area contributed by atoms with Gasteiger partial charge in [0.15, 0.2) is 22.7 Å². The molecule has 1 unspecified atom stereocenters. The van der Waals surface area contributed by atoms with Crippen LogP contribution in [0, 0.1) is 0 Å². The van der Waals surface area contributed by atoms with Crippen molar-refractivity contribution in [2.75, 3.05) is 11.5 Å². The number of benzene rings is 4. The molecule has 0 saturated carbocycles. The Hall–Kier alpha value is -5.17. The number of amides is 1. The number of Topliss-reactive ketones (excluding diaryl/α,β-unsaturated/α-hetero) is 1.